The molecule has 0 aliphatic carbocycles. The summed E-state index contributed by atoms with van der Waals surface area (Å²) in [4.78, 5) is 2.31. The van der Waals surface area contributed by atoms with Gasteiger partial charge >= 0.3 is 0 Å². The van der Waals surface area contributed by atoms with Gasteiger partial charge < -0.3 is 10.5 Å². The average Bonchev–Trinajstić information content (AvgIpc) is 2.80. The fourth-order valence-electron chi connectivity index (χ4n) is 2.42. The molecule has 4 heteroatoms. The van der Waals surface area contributed by atoms with Crippen molar-refractivity contribution in [3.05, 3.63) is 34.3 Å². The zero-order valence-corrected chi connectivity index (χ0v) is 12.4. The summed E-state index contributed by atoms with van der Waals surface area (Å²) >= 11 is 3.58. The molecule has 1 aliphatic rings. The lowest BCUT2D eigenvalue weighted by Crippen LogP contribution is -2.30. The van der Waals surface area contributed by atoms with Crippen molar-refractivity contribution in [3.8, 4) is 0 Å². The predicted molar refractivity (Wildman–Crippen MR) is 77.4 cm³/mol. The fourth-order valence-corrected chi connectivity index (χ4v) is 2.83. The van der Waals surface area contributed by atoms with Crippen LogP contribution >= 0.6 is 15.9 Å². The summed E-state index contributed by atoms with van der Waals surface area (Å²) in [6.45, 7) is 2.55. The molecule has 100 valence electrons. The Labute approximate surface area is 117 Å². The highest BCUT2D eigenvalue weighted by atomic mass is 79.9. The monoisotopic (exact) mass is 312 g/mol. The molecular formula is C14H21BrN2O. The number of rotatable bonds is 5. The second-order valence-corrected chi connectivity index (χ2v) is 5.84. The number of likely N-dealkylation sites (N-methyl/N-ethyl adjacent to an activating group) is 1. The van der Waals surface area contributed by atoms with Crippen LogP contribution in [0.15, 0.2) is 28.7 Å². The molecule has 1 aromatic carbocycles. The van der Waals surface area contributed by atoms with Crippen molar-refractivity contribution in [3.63, 3.8) is 0 Å². The van der Waals surface area contributed by atoms with E-state index in [-0.39, 0.29) is 6.10 Å². The molecular weight excluding hydrogens is 292 g/mol. The van der Waals surface area contributed by atoms with Gasteiger partial charge in [-0.3, -0.25) is 4.90 Å². The maximum Gasteiger partial charge on any atom is 0.0707 e. The van der Waals surface area contributed by atoms with E-state index in [0.717, 1.165) is 25.9 Å². The van der Waals surface area contributed by atoms with E-state index in [9.17, 15) is 0 Å². The lowest BCUT2D eigenvalue weighted by Gasteiger charge is -2.21. The molecule has 2 rings (SSSR count). The molecule has 2 unspecified atom stereocenters. The minimum Gasteiger partial charge on any atom is -0.372 e. The van der Waals surface area contributed by atoms with Crippen LogP contribution in [-0.2, 0) is 11.3 Å². The third-order valence-corrected chi connectivity index (χ3v) is 4.15. The topological polar surface area (TPSA) is 38.5 Å². The Morgan fingerprint density at radius 2 is 2.06 bits per heavy atom. The summed E-state index contributed by atoms with van der Waals surface area (Å²) < 4.78 is 7.04. The maximum absolute atomic E-state index is 5.87. The van der Waals surface area contributed by atoms with Crippen LogP contribution in [0.2, 0.25) is 0 Å². The van der Waals surface area contributed by atoms with E-state index in [1.165, 1.54) is 10.0 Å². The van der Waals surface area contributed by atoms with Crippen molar-refractivity contribution in [1.82, 2.24) is 4.90 Å². The molecule has 0 bridgehead atoms. The third kappa shape index (κ3) is 3.79. The first-order valence-corrected chi connectivity index (χ1v) is 7.26. The fraction of sp³-hybridized carbons (Fsp3) is 0.571. The van der Waals surface area contributed by atoms with Crippen molar-refractivity contribution in [2.75, 3.05) is 20.1 Å². The summed E-state index contributed by atoms with van der Waals surface area (Å²) in [6, 6.07) is 8.35. The molecule has 2 N–H and O–H groups in total. The summed E-state index contributed by atoms with van der Waals surface area (Å²) in [5, 5.41) is 0. The second-order valence-electron chi connectivity index (χ2n) is 4.98. The van der Waals surface area contributed by atoms with E-state index >= 15 is 0 Å². The molecule has 3 nitrogen and oxygen atoms in total. The number of nitrogens with zero attached hydrogens (tertiary/aromatic N) is 1. The number of halogens is 1. The highest BCUT2D eigenvalue weighted by Crippen LogP contribution is 2.21. The molecule has 2 atom stereocenters. The van der Waals surface area contributed by atoms with E-state index in [4.69, 9.17) is 10.5 Å². The van der Waals surface area contributed by atoms with E-state index < -0.39 is 0 Å². The Morgan fingerprint density at radius 3 is 2.72 bits per heavy atom. The normalized spacial score (nSPS) is 23.8. The average molecular weight is 313 g/mol. The van der Waals surface area contributed by atoms with Crippen LogP contribution in [0.3, 0.4) is 0 Å². The highest BCUT2D eigenvalue weighted by molar-refractivity contribution is 9.10. The lowest BCUT2D eigenvalue weighted by molar-refractivity contribution is 0.0306. The summed E-state index contributed by atoms with van der Waals surface area (Å²) in [7, 11) is 2.14. The quantitative estimate of drug-likeness (QED) is 0.907. The van der Waals surface area contributed by atoms with Gasteiger partial charge in [0.1, 0.15) is 0 Å². The first-order valence-electron chi connectivity index (χ1n) is 6.46. The number of benzene rings is 1. The Morgan fingerprint density at radius 1 is 1.33 bits per heavy atom. The standard InChI is InChI=1S/C14H21BrN2O/c1-17(9-11-4-2-3-5-14(11)15)10-13-7-6-12(8-16)18-13/h2-5,12-13H,6-10,16H2,1H3. The van der Waals surface area contributed by atoms with Gasteiger partial charge in [-0.15, -0.1) is 0 Å². The molecule has 0 saturated carbocycles. The van der Waals surface area contributed by atoms with Gasteiger partial charge in [-0.2, -0.15) is 0 Å². The number of ether oxygens (including phenoxy) is 1. The number of nitrogens with two attached hydrogens (primary N) is 1. The largest absolute Gasteiger partial charge is 0.372 e. The van der Waals surface area contributed by atoms with Crippen LogP contribution < -0.4 is 5.73 Å². The number of hydrogen-bond acceptors (Lipinski definition) is 3. The molecule has 1 fully saturated rings. The number of hydrogen-bond donors (Lipinski definition) is 1. The van der Waals surface area contributed by atoms with E-state index in [0.29, 0.717) is 12.6 Å². The van der Waals surface area contributed by atoms with Crippen molar-refractivity contribution >= 4 is 15.9 Å². The Hall–Kier alpha value is -0.420. The van der Waals surface area contributed by atoms with Crippen LogP contribution in [0.4, 0.5) is 0 Å². The molecule has 1 aliphatic heterocycles. The minimum absolute atomic E-state index is 0.270. The first kappa shape index (κ1) is 14.0. The molecule has 0 aromatic heterocycles. The van der Waals surface area contributed by atoms with Crippen LogP contribution in [0.5, 0.6) is 0 Å². The van der Waals surface area contributed by atoms with Crippen molar-refractivity contribution in [2.24, 2.45) is 5.73 Å². The van der Waals surface area contributed by atoms with E-state index in [1.54, 1.807) is 0 Å². The van der Waals surface area contributed by atoms with Gasteiger partial charge in [0.2, 0.25) is 0 Å². The zero-order valence-electron chi connectivity index (χ0n) is 10.8. The van der Waals surface area contributed by atoms with E-state index in [1.807, 2.05) is 6.07 Å². The minimum atomic E-state index is 0.270. The lowest BCUT2D eigenvalue weighted by atomic mass is 10.1. The second kappa shape index (κ2) is 6.66. The molecule has 18 heavy (non-hydrogen) atoms. The SMILES string of the molecule is CN(Cc1ccccc1Br)CC1CCC(CN)O1. The summed E-state index contributed by atoms with van der Waals surface area (Å²) in [6.07, 6.45) is 2.84. The van der Waals surface area contributed by atoms with Crippen LogP contribution in [-0.4, -0.2) is 37.2 Å². The van der Waals surface area contributed by atoms with Crippen molar-refractivity contribution in [2.45, 2.75) is 31.6 Å². The van der Waals surface area contributed by atoms with Gasteiger partial charge in [0, 0.05) is 24.1 Å². The first-order chi connectivity index (χ1) is 8.69. The molecule has 0 radical (unpaired) electrons. The van der Waals surface area contributed by atoms with Gasteiger partial charge in [0.05, 0.1) is 12.2 Å². The van der Waals surface area contributed by atoms with Gasteiger partial charge in [0.25, 0.3) is 0 Å². The molecule has 0 amide bonds. The highest BCUT2D eigenvalue weighted by Gasteiger charge is 2.24. The maximum atomic E-state index is 5.87. The Balaban J connectivity index is 1.82. The molecule has 1 saturated heterocycles. The summed E-state index contributed by atoms with van der Waals surface area (Å²) in [5.41, 5.74) is 6.94. The summed E-state index contributed by atoms with van der Waals surface area (Å²) in [5.74, 6) is 0. The van der Waals surface area contributed by atoms with Gasteiger partial charge in [-0.25, -0.2) is 0 Å². The molecule has 1 aromatic rings. The van der Waals surface area contributed by atoms with E-state index in [2.05, 4.69) is 46.1 Å². The Kier molecular flexibility index (Phi) is 5.18. The van der Waals surface area contributed by atoms with Crippen LogP contribution in [0.1, 0.15) is 18.4 Å². The van der Waals surface area contributed by atoms with Gasteiger partial charge in [-0.05, 0) is 31.5 Å². The molecule has 0 spiro atoms. The predicted octanol–water partition coefficient (Wildman–Crippen LogP) is 2.39. The smallest absolute Gasteiger partial charge is 0.0707 e. The zero-order chi connectivity index (χ0) is 13.0. The van der Waals surface area contributed by atoms with Crippen molar-refractivity contribution in [1.29, 1.82) is 0 Å². The van der Waals surface area contributed by atoms with Crippen LogP contribution in [0.25, 0.3) is 0 Å². The molecule has 1 heterocycles. The van der Waals surface area contributed by atoms with Gasteiger partial charge in [0.15, 0.2) is 0 Å². The Bertz CT molecular complexity index is 386. The third-order valence-electron chi connectivity index (χ3n) is 3.37. The van der Waals surface area contributed by atoms with Gasteiger partial charge in [-0.1, -0.05) is 34.1 Å². The van der Waals surface area contributed by atoms with Crippen molar-refractivity contribution < 1.29 is 4.74 Å². The van der Waals surface area contributed by atoms with Crippen LogP contribution in [0, 0.1) is 0 Å².